The summed E-state index contributed by atoms with van der Waals surface area (Å²) < 4.78 is 19.1. The second-order valence-electron chi connectivity index (χ2n) is 7.10. The van der Waals surface area contributed by atoms with E-state index in [2.05, 4.69) is 4.98 Å². The van der Waals surface area contributed by atoms with Gasteiger partial charge in [-0.05, 0) is 37.1 Å². The molecule has 0 aliphatic carbocycles. The van der Waals surface area contributed by atoms with Gasteiger partial charge in [-0.25, -0.2) is 9.37 Å². The molecular weight excluding hydrogens is 369 g/mol. The van der Waals surface area contributed by atoms with Gasteiger partial charge >= 0.3 is 0 Å². The molecule has 0 saturated carbocycles. The molecule has 0 unspecified atom stereocenters. The van der Waals surface area contributed by atoms with Crippen LogP contribution in [0.4, 0.5) is 4.39 Å². The first-order valence-electron chi connectivity index (χ1n) is 9.72. The van der Waals surface area contributed by atoms with Crippen LogP contribution in [0, 0.1) is 5.82 Å². The largest absolute Gasteiger partial charge is 0.484 e. The number of carbonyl (C=O) groups is 1. The number of benzene rings is 2. The second kappa shape index (κ2) is 8.82. The van der Waals surface area contributed by atoms with Gasteiger partial charge in [-0.15, -0.1) is 0 Å². The van der Waals surface area contributed by atoms with Crippen LogP contribution in [-0.2, 0) is 4.79 Å². The zero-order valence-corrected chi connectivity index (χ0v) is 16.0. The molecule has 0 spiro atoms. The van der Waals surface area contributed by atoms with E-state index in [1.54, 1.807) is 18.5 Å². The Hall–Kier alpha value is -3.28. The predicted molar refractivity (Wildman–Crippen MR) is 108 cm³/mol. The molecule has 0 atom stereocenters. The molecule has 3 aromatic rings. The van der Waals surface area contributed by atoms with E-state index >= 15 is 0 Å². The highest BCUT2D eigenvalue weighted by Crippen LogP contribution is 2.28. The number of aromatic nitrogens is 2. The van der Waals surface area contributed by atoms with Crippen molar-refractivity contribution in [2.75, 3.05) is 19.7 Å². The highest BCUT2D eigenvalue weighted by Gasteiger charge is 2.25. The quantitative estimate of drug-likeness (QED) is 0.658. The number of para-hydroxylation sites is 1. The molecule has 1 fully saturated rings. The van der Waals surface area contributed by atoms with Crippen molar-refractivity contribution >= 4 is 5.91 Å². The van der Waals surface area contributed by atoms with E-state index in [1.807, 2.05) is 41.3 Å². The minimum Gasteiger partial charge on any atom is -0.484 e. The fraction of sp³-hybridized carbons (Fsp3) is 0.261. The highest BCUT2D eigenvalue weighted by molar-refractivity contribution is 5.77. The van der Waals surface area contributed by atoms with Gasteiger partial charge in [0.05, 0.1) is 17.6 Å². The van der Waals surface area contributed by atoms with Crippen LogP contribution >= 0.6 is 0 Å². The zero-order valence-electron chi connectivity index (χ0n) is 16.0. The van der Waals surface area contributed by atoms with Crippen LogP contribution in [0.3, 0.4) is 0 Å². The van der Waals surface area contributed by atoms with E-state index in [1.165, 1.54) is 12.1 Å². The van der Waals surface area contributed by atoms with Crippen molar-refractivity contribution in [1.29, 1.82) is 0 Å². The number of halogens is 1. The van der Waals surface area contributed by atoms with Crippen molar-refractivity contribution in [2.24, 2.45) is 0 Å². The van der Waals surface area contributed by atoms with E-state index in [0.717, 1.165) is 18.5 Å². The summed E-state index contributed by atoms with van der Waals surface area (Å²) >= 11 is 0. The number of carbonyl (C=O) groups excluding carboxylic acids is 1. The maximum Gasteiger partial charge on any atom is 0.260 e. The normalized spacial score (nSPS) is 14.6. The number of hydrogen-bond acceptors (Lipinski definition) is 4. The van der Waals surface area contributed by atoms with Crippen LogP contribution < -0.4 is 4.74 Å². The molecule has 0 N–H and O–H groups in total. The Morgan fingerprint density at radius 2 is 1.86 bits per heavy atom. The number of likely N-dealkylation sites (tertiary alicyclic amines) is 1. The highest BCUT2D eigenvalue weighted by atomic mass is 19.1. The average molecular weight is 391 g/mol. The van der Waals surface area contributed by atoms with E-state index in [-0.39, 0.29) is 24.2 Å². The molecule has 6 heteroatoms. The fourth-order valence-electron chi connectivity index (χ4n) is 3.54. The molecule has 4 rings (SSSR count). The summed E-state index contributed by atoms with van der Waals surface area (Å²) in [5, 5.41) is 0. The van der Waals surface area contributed by atoms with Crippen LogP contribution in [0.1, 0.15) is 24.5 Å². The van der Waals surface area contributed by atoms with Crippen molar-refractivity contribution < 1.29 is 13.9 Å². The van der Waals surface area contributed by atoms with E-state index in [0.29, 0.717) is 30.1 Å². The summed E-state index contributed by atoms with van der Waals surface area (Å²) in [6.07, 6.45) is 5.05. The monoisotopic (exact) mass is 391 g/mol. The van der Waals surface area contributed by atoms with Gasteiger partial charge < -0.3 is 9.64 Å². The number of nitrogens with zero attached hydrogens (tertiary/aromatic N) is 3. The fourth-order valence-corrected chi connectivity index (χ4v) is 3.54. The number of hydrogen-bond donors (Lipinski definition) is 0. The molecule has 0 radical (unpaired) electrons. The molecule has 5 nitrogen and oxygen atoms in total. The molecular formula is C23H22FN3O2. The lowest BCUT2D eigenvalue weighted by molar-refractivity contribution is -0.134. The van der Waals surface area contributed by atoms with Crippen LogP contribution in [0.15, 0.2) is 67.0 Å². The van der Waals surface area contributed by atoms with Crippen LogP contribution in [0.5, 0.6) is 5.75 Å². The van der Waals surface area contributed by atoms with Gasteiger partial charge in [0.25, 0.3) is 5.91 Å². The third-order valence-electron chi connectivity index (χ3n) is 5.15. The topological polar surface area (TPSA) is 55.3 Å². The lowest BCUT2D eigenvalue weighted by Crippen LogP contribution is -2.40. The maximum absolute atomic E-state index is 13.5. The molecule has 148 valence electrons. The van der Waals surface area contributed by atoms with Gasteiger partial charge in [-0.3, -0.25) is 9.78 Å². The van der Waals surface area contributed by atoms with E-state index in [9.17, 15) is 9.18 Å². The second-order valence-corrected chi connectivity index (χ2v) is 7.10. The first-order chi connectivity index (χ1) is 14.2. The standard InChI is InChI=1S/C23H22FN3O2/c24-19-6-4-5-18(13-19)22-15-25-14-21(26-22)17-9-11-27(12-10-17)23(28)16-29-20-7-2-1-3-8-20/h1-8,13-15,17H,9-12,16H2. The van der Waals surface area contributed by atoms with Crippen molar-refractivity contribution in [3.8, 4) is 17.0 Å². The van der Waals surface area contributed by atoms with Crippen LogP contribution in [-0.4, -0.2) is 40.5 Å². The summed E-state index contributed by atoms with van der Waals surface area (Å²) in [5.41, 5.74) is 2.26. The molecule has 0 bridgehead atoms. The minimum atomic E-state index is -0.292. The maximum atomic E-state index is 13.5. The summed E-state index contributed by atoms with van der Waals surface area (Å²) in [6.45, 7) is 1.37. The molecule has 1 aliphatic rings. The molecule has 1 aromatic heterocycles. The smallest absolute Gasteiger partial charge is 0.260 e. The van der Waals surface area contributed by atoms with Gasteiger partial charge in [-0.1, -0.05) is 30.3 Å². The Morgan fingerprint density at radius 3 is 2.62 bits per heavy atom. The summed E-state index contributed by atoms with van der Waals surface area (Å²) in [6, 6.07) is 15.7. The molecule has 2 aromatic carbocycles. The number of piperidine rings is 1. The number of amides is 1. The van der Waals surface area contributed by atoms with Crippen molar-refractivity contribution in [3.05, 3.63) is 78.5 Å². The van der Waals surface area contributed by atoms with Crippen molar-refractivity contribution in [3.63, 3.8) is 0 Å². The Bertz CT molecular complexity index is 973. The third-order valence-corrected chi connectivity index (χ3v) is 5.15. The van der Waals surface area contributed by atoms with Crippen molar-refractivity contribution in [2.45, 2.75) is 18.8 Å². The Balaban J connectivity index is 1.35. The predicted octanol–water partition coefficient (Wildman–Crippen LogP) is 4.07. The average Bonchev–Trinajstić information content (AvgIpc) is 2.78. The van der Waals surface area contributed by atoms with Gasteiger partial charge in [0.1, 0.15) is 11.6 Å². The Morgan fingerprint density at radius 1 is 1.07 bits per heavy atom. The van der Waals surface area contributed by atoms with E-state index in [4.69, 9.17) is 9.72 Å². The SMILES string of the molecule is O=C(COc1ccccc1)N1CCC(c2cncc(-c3cccc(F)c3)n2)CC1. The molecule has 2 heterocycles. The summed E-state index contributed by atoms with van der Waals surface area (Å²) in [4.78, 5) is 23.3. The Kier molecular flexibility index (Phi) is 5.79. The Labute approximate surface area is 169 Å². The molecule has 1 saturated heterocycles. The number of rotatable bonds is 5. The zero-order chi connectivity index (χ0) is 20.1. The van der Waals surface area contributed by atoms with Gasteiger partial charge in [0.15, 0.2) is 6.61 Å². The van der Waals surface area contributed by atoms with E-state index < -0.39 is 0 Å². The van der Waals surface area contributed by atoms with Crippen LogP contribution in [0.25, 0.3) is 11.3 Å². The molecule has 29 heavy (non-hydrogen) atoms. The third kappa shape index (κ3) is 4.77. The first-order valence-corrected chi connectivity index (χ1v) is 9.72. The lowest BCUT2D eigenvalue weighted by Gasteiger charge is -2.31. The van der Waals surface area contributed by atoms with Gasteiger partial charge in [0.2, 0.25) is 0 Å². The molecule has 1 aliphatic heterocycles. The lowest BCUT2D eigenvalue weighted by atomic mass is 9.93. The summed E-state index contributed by atoms with van der Waals surface area (Å²) in [5.74, 6) is 0.626. The van der Waals surface area contributed by atoms with Gasteiger partial charge in [0, 0.05) is 30.8 Å². The summed E-state index contributed by atoms with van der Waals surface area (Å²) in [7, 11) is 0. The minimum absolute atomic E-state index is 0.00750. The first kappa shape index (κ1) is 19.1. The van der Waals surface area contributed by atoms with Crippen LogP contribution in [0.2, 0.25) is 0 Å². The number of ether oxygens (including phenoxy) is 1. The molecule has 1 amide bonds. The van der Waals surface area contributed by atoms with Crippen molar-refractivity contribution in [1.82, 2.24) is 14.9 Å². The van der Waals surface area contributed by atoms with Gasteiger partial charge in [-0.2, -0.15) is 0 Å².